The third-order valence-electron chi connectivity index (χ3n) is 4.97. The quantitative estimate of drug-likeness (QED) is 0.178. The molecule has 0 aliphatic carbocycles. The second-order valence-electron chi connectivity index (χ2n) is 7.30. The van der Waals surface area contributed by atoms with Gasteiger partial charge < -0.3 is 8.83 Å². The number of nitrogens with zero attached hydrogens (tertiary/aromatic N) is 3. The van der Waals surface area contributed by atoms with Gasteiger partial charge in [0.05, 0.1) is 16.8 Å². The highest BCUT2D eigenvalue weighted by atomic mass is 16.6. The molecular weight excluding hydrogens is 406 g/mol. The number of hydrogen-bond donors (Lipinski definition) is 0. The van der Waals surface area contributed by atoms with Crippen LogP contribution in [0.2, 0.25) is 0 Å². The number of fused-ring (bicyclic) bond motifs is 1. The van der Waals surface area contributed by atoms with Crippen molar-refractivity contribution < 1.29 is 13.8 Å². The summed E-state index contributed by atoms with van der Waals surface area (Å²) >= 11 is 0. The predicted molar refractivity (Wildman–Crippen MR) is 122 cm³/mol. The van der Waals surface area contributed by atoms with E-state index in [2.05, 4.69) is 9.98 Å². The molecule has 5 rings (SSSR count). The van der Waals surface area contributed by atoms with E-state index in [0.717, 1.165) is 27.9 Å². The Morgan fingerprint density at radius 2 is 1.78 bits per heavy atom. The molecular formula is C25H17N3O4. The number of rotatable bonds is 5. The topological polar surface area (TPSA) is 94.7 Å². The number of hydrogen-bond acceptors (Lipinski definition) is 6. The molecule has 0 atom stereocenters. The van der Waals surface area contributed by atoms with Crippen molar-refractivity contribution >= 4 is 28.7 Å². The zero-order valence-electron chi connectivity index (χ0n) is 17.1. The molecule has 2 aromatic heterocycles. The first-order chi connectivity index (χ1) is 15.5. The lowest BCUT2D eigenvalue weighted by atomic mass is 10.1. The number of oxazole rings is 1. The molecule has 5 aromatic rings. The van der Waals surface area contributed by atoms with E-state index in [0.29, 0.717) is 23.0 Å². The highest BCUT2D eigenvalue weighted by molar-refractivity contribution is 5.80. The van der Waals surface area contributed by atoms with Gasteiger partial charge in [0.2, 0.25) is 5.89 Å². The molecule has 0 aliphatic rings. The van der Waals surface area contributed by atoms with Crippen LogP contribution in [0.1, 0.15) is 11.3 Å². The van der Waals surface area contributed by atoms with Gasteiger partial charge in [0, 0.05) is 23.3 Å². The van der Waals surface area contributed by atoms with Crippen molar-refractivity contribution in [1.29, 1.82) is 0 Å². The van der Waals surface area contributed by atoms with Crippen molar-refractivity contribution in [2.45, 2.75) is 6.92 Å². The van der Waals surface area contributed by atoms with Gasteiger partial charge in [-0.25, -0.2) is 4.98 Å². The standard InChI is InChI=1S/C25H17N3O4/c1-16-5-11-22-24(13-16)32-25(27-22)17-6-8-19(9-7-17)26-15-21-10-12-23(31-21)18-3-2-4-20(14-18)28(29)30/h2-15H,1H3. The van der Waals surface area contributed by atoms with E-state index in [1.807, 2.05) is 49.4 Å². The minimum Gasteiger partial charge on any atom is -0.455 e. The molecule has 0 amide bonds. The maximum absolute atomic E-state index is 11.0. The molecule has 0 fully saturated rings. The van der Waals surface area contributed by atoms with Crippen molar-refractivity contribution in [1.82, 2.24) is 4.98 Å². The fourth-order valence-corrected chi connectivity index (χ4v) is 3.33. The Hall–Kier alpha value is -4.52. The Morgan fingerprint density at radius 1 is 0.938 bits per heavy atom. The molecule has 156 valence electrons. The molecule has 2 heterocycles. The zero-order valence-corrected chi connectivity index (χ0v) is 17.1. The minimum atomic E-state index is -0.430. The molecule has 0 aliphatic heterocycles. The van der Waals surface area contributed by atoms with Gasteiger partial charge in [-0.15, -0.1) is 0 Å². The van der Waals surface area contributed by atoms with E-state index < -0.39 is 4.92 Å². The van der Waals surface area contributed by atoms with Gasteiger partial charge in [-0.05, 0) is 61.0 Å². The lowest BCUT2D eigenvalue weighted by Gasteiger charge is -1.97. The van der Waals surface area contributed by atoms with Crippen molar-refractivity contribution in [2.24, 2.45) is 4.99 Å². The lowest BCUT2D eigenvalue weighted by molar-refractivity contribution is -0.384. The van der Waals surface area contributed by atoms with Crippen LogP contribution in [-0.2, 0) is 0 Å². The molecule has 0 saturated carbocycles. The van der Waals surface area contributed by atoms with Crippen LogP contribution >= 0.6 is 0 Å². The average Bonchev–Trinajstić information content (AvgIpc) is 3.45. The normalized spacial score (nSPS) is 11.4. The fraction of sp³-hybridized carbons (Fsp3) is 0.0400. The summed E-state index contributed by atoms with van der Waals surface area (Å²) < 4.78 is 11.6. The number of nitro groups is 1. The molecule has 0 N–H and O–H groups in total. The molecule has 0 spiro atoms. The Balaban J connectivity index is 1.33. The summed E-state index contributed by atoms with van der Waals surface area (Å²) in [5.74, 6) is 1.65. The molecule has 3 aromatic carbocycles. The maximum Gasteiger partial charge on any atom is 0.270 e. The Bertz CT molecular complexity index is 1460. The van der Waals surface area contributed by atoms with Gasteiger partial charge in [0.25, 0.3) is 5.69 Å². The zero-order chi connectivity index (χ0) is 22.1. The van der Waals surface area contributed by atoms with Crippen molar-refractivity contribution in [2.75, 3.05) is 0 Å². The largest absolute Gasteiger partial charge is 0.455 e. The molecule has 32 heavy (non-hydrogen) atoms. The van der Waals surface area contributed by atoms with Crippen LogP contribution in [0.3, 0.4) is 0 Å². The monoisotopic (exact) mass is 423 g/mol. The van der Waals surface area contributed by atoms with Crippen molar-refractivity contribution in [3.63, 3.8) is 0 Å². The Labute approximate surface area is 182 Å². The van der Waals surface area contributed by atoms with Gasteiger partial charge in [0.15, 0.2) is 5.58 Å². The van der Waals surface area contributed by atoms with Crippen LogP contribution in [0.5, 0.6) is 0 Å². The highest BCUT2D eigenvalue weighted by Gasteiger charge is 2.10. The van der Waals surface area contributed by atoms with Gasteiger partial charge in [-0.1, -0.05) is 18.2 Å². The number of aromatic nitrogens is 1. The molecule has 0 saturated heterocycles. The third-order valence-corrected chi connectivity index (χ3v) is 4.97. The second kappa shape index (κ2) is 7.96. The first-order valence-electron chi connectivity index (χ1n) is 9.91. The van der Waals surface area contributed by atoms with Crippen LogP contribution in [0.15, 0.2) is 92.7 Å². The third kappa shape index (κ3) is 3.91. The molecule has 0 bridgehead atoms. The summed E-state index contributed by atoms with van der Waals surface area (Å²) in [7, 11) is 0. The first-order valence-corrected chi connectivity index (χ1v) is 9.91. The summed E-state index contributed by atoms with van der Waals surface area (Å²) in [5.41, 5.74) is 4.97. The van der Waals surface area contributed by atoms with E-state index in [9.17, 15) is 10.1 Å². The Morgan fingerprint density at radius 3 is 2.59 bits per heavy atom. The summed E-state index contributed by atoms with van der Waals surface area (Å²) in [4.78, 5) is 19.5. The van der Waals surface area contributed by atoms with Gasteiger partial charge in [0.1, 0.15) is 17.0 Å². The summed E-state index contributed by atoms with van der Waals surface area (Å²) in [6.45, 7) is 2.01. The highest BCUT2D eigenvalue weighted by Crippen LogP contribution is 2.28. The number of aryl methyl sites for hydroxylation is 1. The lowest BCUT2D eigenvalue weighted by Crippen LogP contribution is -1.87. The van der Waals surface area contributed by atoms with E-state index in [1.54, 1.807) is 30.5 Å². The van der Waals surface area contributed by atoms with Crippen molar-refractivity contribution in [3.8, 4) is 22.8 Å². The van der Waals surface area contributed by atoms with Crippen molar-refractivity contribution in [3.05, 3.63) is 100 Å². The smallest absolute Gasteiger partial charge is 0.270 e. The van der Waals surface area contributed by atoms with E-state index in [-0.39, 0.29) is 5.69 Å². The van der Waals surface area contributed by atoms with Gasteiger partial charge >= 0.3 is 0 Å². The van der Waals surface area contributed by atoms with E-state index in [4.69, 9.17) is 8.83 Å². The number of benzene rings is 3. The van der Waals surface area contributed by atoms with Crippen LogP contribution in [0, 0.1) is 17.0 Å². The predicted octanol–water partition coefficient (Wildman–Crippen LogP) is 6.72. The fourth-order valence-electron chi connectivity index (χ4n) is 3.33. The summed E-state index contributed by atoms with van der Waals surface area (Å²) in [6, 6.07) is 23.3. The van der Waals surface area contributed by atoms with Gasteiger partial charge in [-0.2, -0.15) is 0 Å². The first kappa shape index (κ1) is 19.4. The Kier molecular flexibility index (Phi) is 4.84. The van der Waals surface area contributed by atoms with Gasteiger partial charge in [-0.3, -0.25) is 15.1 Å². The summed E-state index contributed by atoms with van der Waals surface area (Å²) in [5, 5.41) is 11.0. The van der Waals surface area contributed by atoms with Crippen LogP contribution in [-0.4, -0.2) is 16.1 Å². The molecule has 7 heteroatoms. The number of non-ortho nitro benzene ring substituents is 1. The number of nitro benzene ring substituents is 1. The van der Waals surface area contributed by atoms with Crippen LogP contribution in [0.25, 0.3) is 33.9 Å². The second-order valence-corrected chi connectivity index (χ2v) is 7.30. The van der Waals surface area contributed by atoms with Crippen LogP contribution in [0.4, 0.5) is 11.4 Å². The molecule has 0 unspecified atom stereocenters. The average molecular weight is 423 g/mol. The maximum atomic E-state index is 11.0. The number of furan rings is 1. The summed E-state index contributed by atoms with van der Waals surface area (Å²) in [6.07, 6.45) is 1.61. The minimum absolute atomic E-state index is 0.0169. The SMILES string of the molecule is Cc1ccc2nc(-c3ccc(N=Cc4ccc(-c5cccc([N+](=O)[O-])c5)o4)cc3)oc2c1. The number of aliphatic imine (C=N–C) groups is 1. The van der Waals surface area contributed by atoms with E-state index in [1.165, 1.54) is 12.1 Å². The molecule has 0 radical (unpaired) electrons. The van der Waals surface area contributed by atoms with Crippen LogP contribution < -0.4 is 0 Å². The molecule has 7 nitrogen and oxygen atoms in total. The van der Waals surface area contributed by atoms with E-state index >= 15 is 0 Å².